The molecule has 0 bridgehead atoms. The van der Waals surface area contributed by atoms with E-state index >= 15 is 0 Å². The van der Waals surface area contributed by atoms with Gasteiger partial charge in [0.25, 0.3) is 11.8 Å². The number of para-hydroxylation sites is 1. The lowest BCUT2D eigenvalue weighted by molar-refractivity contribution is -0.123. The van der Waals surface area contributed by atoms with Crippen LogP contribution in [0.4, 0.5) is 5.82 Å². The van der Waals surface area contributed by atoms with E-state index in [4.69, 9.17) is 21.1 Å². The van der Waals surface area contributed by atoms with Crippen molar-refractivity contribution in [3.8, 4) is 11.6 Å². The molecule has 10 nitrogen and oxygen atoms in total. The van der Waals surface area contributed by atoms with Crippen LogP contribution in [0.15, 0.2) is 40.2 Å². The molecule has 1 amide bonds. The predicted molar refractivity (Wildman–Crippen MR) is 119 cm³/mol. The Hall–Kier alpha value is -2.80. The maximum atomic E-state index is 12.3. The van der Waals surface area contributed by atoms with Crippen molar-refractivity contribution >= 4 is 52.6 Å². The van der Waals surface area contributed by atoms with Gasteiger partial charge in [0.2, 0.25) is 5.82 Å². The first-order valence-electron chi connectivity index (χ1n) is 9.20. The Morgan fingerprint density at radius 2 is 2.06 bits per heavy atom. The Kier molecular flexibility index (Phi) is 6.92. The number of morpholine rings is 1. The van der Waals surface area contributed by atoms with Crippen LogP contribution in [0.1, 0.15) is 4.88 Å². The second-order valence-corrected chi connectivity index (χ2v) is 8.15. The van der Waals surface area contributed by atoms with E-state index in [-0.39, 0.29) is 16.6 Å². The third-order valence-corrected chi connectivity index (χ3v) is 6.12. The molecule has 3 aromatic rings. The molecular weight excluding hydrogens is 464 g/mol. The molecule has 2 aromatic heterocycles. The number of thiazole rings is 1. The lowest BCUT2D eigenvalue weighted by Gasteiger charge is -2.26. The lowest BCUT2D eigenvalue weighted by atomic mass is 10.3. The number of rotatable bonds is 7. The topological polar surface area (TPSA) is 111 Å². The molecular formula is C18H17ClN6O4S2. The van der Waals surface area contributed by atoms with Crippen LogP contribution in [-0.4, -0.2) is 58.3 Å². The summed E-state index contributed by atoms with van der Waals surface area (Å²) in [7, 11) is 0. The lowest BCUT2D eigenvalue weighted by Crippen LogP contribution is -2.36. The van der Waals surface area contributed by atoms with Crippen molar-refractivity contribution in [1.29, 1.82) is 0 Å². The molecule has 1 aromatic carbocycles. The Labute approximate surface area is 190 Å². The first-order chi connectivity index (χ1) is 15.1. The van der Waals surface area contributed by atoms with Crippen molar-refractivity contribution in [2.45, 2.75) is 0 Å². The monoisotopic (exact) mass is 480 g/mol. The van der Waals surface area contributed by atoms with Crippen LogP contribution < -0.4 is 19.9 Å². The fourth-order valence-corrected chi connectivity index (χ4v) is 4.48. The summed E-state index contributed by atoms with van der Waals surface area (Å²) in [5, 5.41) is 4.09. The zero-order valence-electron chi connectivity index (χ0n) is 16.1. The summed E-state index contributed by atoms with van der Waals surface area (Å²) in [6.45, 7) is 2.30. The molecule has 1 N–H and O–H groups in total. The van der Waals surface area contributed by atoms with Crippen LogP contribution >= 0.6 is 34.7 Å². The summed E-state index contributed by atoms with van der Waals surface area (Å²) in [6, 6.07) is 9.02. The van der Waals surface area contributed by atoms with Crippen molar-refractivity contribution < 1.29 is 14.3 Å². The number of amides is 1. The van der Waals surface area contributed by atoms with Gasteiger partial charge < -0.3 is 14.4 Å². The zero-order valence-corrected chi connectivity index (χ0v) is 18.5. The average molecular weight is 481 g/mol. The molecule has 1 saturated heterocycles. The standard InChI is InChI=1S/C18H17ClN6O4S2/c19-15-13(30-18(27)25(15)12-4-2-1-3-5-12)10-20-21-14(26)11-29-17-16(22-31-23-17)24-6-8-28-9-7-24/h1-5,10H,6-9,11H2,(H,21,26)/b20-10-. The van der Waals surface area contributed by atoms with Gasteiger partial charge in [-0.1, -0.05) is 41.1 Å². The summed E-state index contributed by atoms with van der Waals surface area (Å²) in [5.41, 5.74) is 3.00. The normalized spacial score (nSPS) is 14.2. The molecule has 1 aliphatic rings. The quantitative estimate of drug-likeness (QED) is 0.405. The van der Waals surface area contributed by atoms with Crippen LogP contribution in [0.5, 0.6) is 5.88 Å². The second-order valence-electron chi connectivity index (χ2n) is 6.27. The number of nitrogens with one attached hydrogen (secondary N) is 1. The molecule has 0 saturated carbocycles. The molecule has 31 heavy (non-hydrogen) atoms. The van der Waals surface area contributed by atoms with Crippen molar-refractivity contribution in [2.75, 3.05) is 37.8 Å². The van der Waals surface area contributed by atoms with Gasteiger partial charge in [0, 0.05) is 13.1 Å². The summed E-state index contributed by atoms with van der Waals surface area (Å²) in [5.74, 6) is 0.416. The van der Waals surface area contributed by atoms with Crippen LogP contribution in [0.25, 0.3) is 5.69 Å². The molecule has 0 aliphatic carbocycles. The van der Waals surface area contributed by atoms with E-state index in [0.29, 0.717) is 48.6 Å². The molecule has 1 aliphatic heterocycles. The third-order valence-electron chi connectivity index (χ3n) is 4.26. The van der Waals surface area contributed by atoms with Gasteiger partial charge in [-0.15, -0.1) is 4.37 Å². The van der Waals surface area contributed by atoms with Crippen LogP contribution in [0, 0.1) is 0 Å². The number of aromatic nitrogens is 3. The van der Waals surface area contributed by atoms with Crippen LogP contribution in [-0.2, 0) is 9.53 Å². The smallest absolute Gasteiger partial charge is 0.313 e. The first-order valence-corrected chi connectivity index (χ1v) is 11.1. The van der Waals surface area contributed by atoms with Gasteiger partial charge in [-0.05, 0) is 12.1 Å². The number of ether oxygens (including phenoxy) is 2. The van der Waals surface area contributed by atoms with E-state index in [2.05, 4.69) is 19.3 Å². The number of hydrogen-bond acceptors (Lipinski definition) is 10. The first kappa shape index (κ1) is 21.4. The molecule has 162 valence electrons. The minimum atomic E-state index is -0.483. The fraction of sp³-hybridized carbons (Fsp3) is 0.278. The summed E-state index contributed by atoms with van der Waals surface area (Å²) in [4.78, 5) is 26.5. The van der Waals surface area contributed by atoms with E-state index in [9.17, 15) is 9.59 Å². The SMILES string of the molecule is O=C(COc1nsnc1N1CCOCC1)N/N=C\c1sc(=O)n(-c2ccccc2)c1Cl. The zero-order chi connectivity index (χ0) is 21.6. The van der Waals surface area contributed by atoms with Crippen LogP contribution in [0.3, 0.4) is 0 Å². The minimum Gasteiger partial charge on any atom is -0.464 e. The molecule has 0 atom stereocenters. The highest BCUT2D eigenvalue weighted by molar-refractivity contribution is 7.11. The van der Waals surface area contributed by atoms with Gasteiger partial charge in [-0.2, -0.15) is 9.47 Å². The largest absolute Gasteiger partial charge is 0.464 e. The molecule has 0 unspecified atom stereocenters. The van der Waals surface area contributed by atoms with Gasteiger partial charge in [0.15, 0.2) is 6.61 Å². The number of carbonyl (C=O) groups is 1. The average Bonchev–Trinajstić information content (AvgIpc) is 3.37. The molecule has 1 fully saturated rings. The molecule has 0 spiro atoms. The van der Waals surface area contributed by atoms with Crippen molar-refractivity contribution in [3.63, 3.8) is 0 Å². The van der Waals surface area contributed by atoms with Gasteiger partial charge in [0.1, 0.15) is 5.15 Å². The van der Waals surface area contributed by atoms with Crippen molar-refractivity contribution in [3.05, 3.63) is 50.0 Å². The third kappa shape index (κ3) is 5.10. The minimum absolute atomic E-state index is 0.221. The number of hydrazone groups is 1. The summed E-state index contributed by atoms with van der Waals surface area (Å²) >= 11 is 8.26. The maximum Gasteiger partial charge on any atom is 0.313 e. The fourth-order valence-electron chi connectivity index (χ4n) is 2.81. The molecule has 0 radical (unpaired) electrons. The Balaban J connectivity index is 1.34. The molecule has 4 rings (SSSR count). The highest BCUT2D eigenvalue weighted by Crippen LogP contribution is 2.26. The van der Waals surface area contributed by atoms with Gasteiger partial charge in [0.05, 0.1) is 41.7 Å². The summed E-state index contributed by atoms with van der Waals surface area (Å²) < 4.78 is 20.5. The second kappa shape index (κ2) is 10.0. The summed E-state index contributed by atoms with van der Waals surface area (Å²) in [6.07, 6.45) is 1.33. The highest BCUT2D eigenvalue weighted by Gasteiger charge is 2.20. The van der Waals surface area contributed by atoms with Crippen LogP contribution in [0.2, 0.25) is 5.15 Å². The number of hydrogen-bond donors (Lipinski definition) is 1. The molecule has 3 heterocycles. The maximum absolute atomic E-state index is 12.3. The number of carbonyl (C=O) groups excluding carboxylic acids is 1. The van der Waals surface area contributed by atoms with Crippen molar-refractivity contribution in [2.24, 2.45) is 5.10 Å². The van der Waals surface area contributed by atoms with Gasteiger partial charge >= 0.3 is 4.87 Å². The number of halogens is 1. The Morgan fingerprint density at radius 3 is 2.84 bits per heavy atom. The van der Waals surface area contributed by atoms with E-state index in [1.165, 1.54) is 10.8 Å². The Bertz CT molecular complexity index is 1120. The van der Waals surface area contributed by atoms with E-state index in [1.54, 1.807) is 12.1 Å². The number of nitrogens with zero attached hydrogens (tertiary/aromatic N) is 5. The van der Waals surface area contributed by atoms with Gasteiger partial charge in [-0.3, -0.25) is 14.2 Å². The Morgan fingerprint density at radius 1 is 1.29 bits per heavy atom. The number of benzene rings is 1. The molecule has 13 heteroatoms. The number of anilines is 1. The van der Waals surface area contributed by atoms with E-state index in [1.807, 2.05) is 23.1 Å². The van der Waals surface area contributed by atoms with E-state index < -0.39 is 5.91 Å². The highest BCUT2D eigenvalue weighted by atomic mass is 35.5. The van der Waals surface area contributed by atoms with E-state index in [0.717, 1.165) is 23.1 Å². The van der Waals surface area contributed by atoms with Crippen molar-refractivity contribution in [1.82, 2.24) is 18.7 Å². The van der Waals surface area contributed by atoms with Gasteiger partial charge in [-0.25, -0.2) is 5.43 Å². The predicted octanol–water partition coefficient (Wildman–Crippen LogP) is 1.77.